The van der Waals surface area contributed by atoms with Gasteiger partial charge in [-0.15, -0.1) is 11.8 Å². The fourth-order valence-electron chi connectivity index (χ4n) is 2.80. The van der Waals surface area contributed by atoms with Gasteiger partial charge >= 0.3 is 0 Å². The molecule has 2 heterocycles. The lowest BCUT2D eigenvalue weighted by Gasteiger charge is -2.37. The Morgan fingerprint density at radius 2 is 2.14 bits per heavy atom. The topological polar surface area (TPSA) is 72.7 Å². The maximum atomic E-state index is 12.5. The van der Waals surface area contributed by atoms with E-state index in [4.69, 9.17) is 16.3 Å². The SMILES string of the molecule is O=C(c1ccc(Cl)c([N+](=O)[O-])c1)N1CCC2(CC1)OCCS2. The molecule has 0 unspecified atom stereocenters. The molecule has 118 valence electrons. The second-order valence-corrected chi connectivity index (χ2v) is 7.17. The molecule has 0 radical (unpaired) electrons. The van der Waals surface area contributed by atoms with Crippen LogP contribution in [0.1, 0.15) is 23.2 Å². The van der Waals surface area contributed by atoms with Gasteiger partial charge < -0.3 is 9.64 Å². The molecule has 2 aliphatic rings. The van der Waals surface area contributed by atoms with Crippen molar-refractivity contribution < 1.29 is 14.5 Å². The van der Waals surface area contributed by atoms with Gasteiger partial charge in [-0.2, -0.15) is 0 Å². The lowest BCUT2D eigenvalue weighted by atomic mass is 10.1. The molecule has 2 saturated heterocycles. The van der Waals surface area contributed by atoms with Gasteiger partial charge in [0.1, 0.15) is 9.96 Å². The minimum atomic E-state index is -0.576. The first-order valence-corrected chi connectivity index (χ1v) is 8.38. The Balaban J connectivity index is 1.72. The minimum Gasteiger partial charge on any atom is -0.363 e. The van der Waals surface area contributed by atoms with Crippen molar-refractivity contribution >= 4 is 35.0 Å². The van der Waals surface area contributed by atoms with Crippen LogP contribution >= 0.6 is 23.4 Å². The molecule has 2 fully saturated rings. The van der Waals surface area contributed by atoms with Crippen molar-refractivity contribution in [2.75, 3.05) is 25.4 Å². The van der Waals surface area contributed by atoms with Gasteiger partial charge in [-0.25, -0.2) is 0 Å². The maximum absolute atomic E-state index is 12.5. The Morgan fingerprint density at radius 1 is 1.41 bits per heavy atom. The van der Waals surface area contributed by atoms with Crippen LogP contribution in [-0.4, -0.2) is 46.1 Å². The van der Waals surface area contributed by atoms with Crippen molar-refractivity contribution in [3.05, 3.63) is 38.9 Å². The molecule has 8 heteroatoms. The summed E-state index contributed by atoms with van der Waals surface area (Å²) >= 11 is 7.59. The zero-order valence-electron chi connectivity index (χ0n) is 11.8. The number of piperidine rings is 1. The Kier molecular flexibility index (Phi) is 4.29. The molecule has 2 aliphatic heterocycles. The summed E-state index contributed by atoms with van der Waals surface area (Å²) in [6.45, 7) is 1.96. The second kappa shape index (κ2) is 6.06. The van der Waals surface area contributed by atoms with Crippen LogP contribution in [0.25, 0.3) is 0 Å². The zero-order valence-corrected chi connectivity index (χ0v) is 13.4. The fourth-order valence-corrected chi connectivity index (χ4v) is 4.17. The van der Waals surface area contributed by atoms with Crippen molar-refractivity contribution in [2.45, 2.75) is 17.8 Å². The van der Waals surface area contributed by atoms with E-state index in [-0.39, 0.29) is 21.6 Å². The molecule has 3 rings (SSSR count). The van der Waals surface area contributed by atoms with E-state index < -0.39 is 4.92 Å². The van der Waals surface area contributed by atoms with Gasteiger partial charge in [-0.3, -0.25) is 14.9 Å². The van der Waals surface area contributed by atoms with Gasteiger partial charge in [0.2, 0.25) is 0 Å². The van der Waals surface area contributed by atoms with Crippen molar-refractivity contribution in [1.82, 2.24) is 4.90 Å². The molecule has 1 aromatic rings. The second-order valence-electron chi connectivity index (χ2n) is 5.32. The van der Waals surface area contributed by atoms with Crippen LogP contribution in [0.4, 0.5) is 5.69 Å². The Hall–Kier alpha value is -1.31. The largest absolute Gasteiger partial charge is 0.363 e. The first-order chi connectivity index (χ1) is 10.5. The van der Waals surface area contributed by atoms with Crippen molar-refractivity contribution in [1.29, 1.82) is 0 Å². The Labute approximate surface area is 136 Å². The number of nitro groups is 1. The number of ether oxygens (including phenoxy) is 1. The van der Waals surface area contributed by atoms with Gasteiger partial charge in [-0.1, -0.05) is 11.6 Å². The normalized spacial score (nSPS) is 20.3. The molecule has 0 saturated carbocycles. The number of thioether (sulfide) groups is 1. The summed E-state index contributed by atoms with van der Waals surface area (Å²) in [6, 6.07) is 4.17. The molecule has 1 amide bonds. The number of rotatable bonds is 2. The van der Waals surface area contributed by atoms with Crippen LogP contribution in [0.2, 0.25) is 5.02 Å². The van der Waals surface area contributed by atoms with Crippen molar-refractivity contribution in [2.24, 2.45) is 0 Å². The molecular weight excluding hydrogens is 328 g/mol. The van der Waals surface area contributed by atoms with E-state index in [1.54, 1.807) is 4.90 Å². The van der Waals surface area contributed by atoms with Crippen LogP contribution in [0.15, 0.2) is 18.2 Å². The van der Waals surface area contributed by atoms with Gasteiger partial charge in [0, 0.05) is 43.3 Å². The summed E-state index contributed by atoms with van der Waals surface area (Å²) in [5.74, 6) is 0.801. The van der Waals surface area contributed by atoms with E-state index in [1.807, 2.05) is 11.8 Å². The van der Waals surface area contributed by atoms with Crippen LogP contribution in [0, 0.1) is 10.1 Å². The summed E-state index contributed by atoms with van der Waals surface area (Å²) in [5, 5.41) is 11.0. The van der Waals surface area contributed by atoms with Crippen molar-refractivity contribution in [3.63, 3.8) is 0 Å². The number of amides is 1. The van der Waals surface area contributed by atoms with E-state index in [9.17, 15) is 14.9 Å². The average Bonchev–Trinajstić information content (AvgIpc) is 2.96. The molecule has 0 aliphatic carbocycles. The Morgan fingerprint density at radius 3 is 2.73 bits per heavy atom. The number of nitro benzene ring substituents is 1. The highest BCUT2D eigenvalue weighted by atomic mass is 35.5. The lowest BCUT2D eigenvalue weighted by molar-refractivity contribution is -0.384. The predicted octanol–water partition coefficient (Wildman–Crippen LogP) is 2.94. The summed E-state index contributed by atoms with van der Waals surface area (Å²) in [5.41, 5.74) is 0.0581. The third kappa shape index (κ3) is 2.93. The number of likely N-dealkylation sites (tertiary alicyclic amines) is 1. The average molecular weight is 343 g/mol. The number of nitrogens with zero attached hydrogens (tertiary/aromatic N) is 2. The molecule has 22 heavy (non-hydrogen) atoms. The quantitative estimate of drug-likeness (QED) is 0.610. The summed E-state index contributed by atoms with van der Waals surface area (Å²) < 4.78 is 5.80. The molecule has 1 aromatic carbocycles. The number of carbonyl (C=O) groups excluding carboxylic acids is 1. The first-order valence-electron chi connectivity index (χ1n) is 7.02. The minimum absolute atomic E-state index is 0.0369. The number of carbonyl (C=O) groups is 1. The molecule has 1 spiro atoms. The highest BCUT2D eigenvalue weighted by Crippen LogP contribution is 2.41. The number of hydrogen-bond acceptors (Lipinski definition) is 5. The van der Waals surface area contributed by atoms with E-state index in [0.29, 0.717) is 18.7 Å². The number of halogens is 1. The Bertz CT molecular complexity index is 609. The summed E-state index contributed by atoms with van der Waals surface area (Å²) in [6.07, 6.45) is 1.58. The fraction of sp³-hybridized carbons (Fsp3) is 0.500. The molecule has 0 atom stereocenters. The third-order valence-electron chi connectivity index (χ3n) is 4.02. The molecule has 0 N–H and O–H groups in total. The molecule has 0 bridgehead atoms. The van der Waals surface area contributed by atoms with Crippen molar-refractivity contribution in [3.8, 4) is 0 Å². The van der Waals surface area contributed by atoms with E-state index >= 15 is 0 Å². The van der Waals surface area contributed by atoms with Gasteiger partial charge in [-0.05, 0) is 12.1 Å². The highest BCUT2D eigenvalue weighted by Gasteiger charge is 2.40. The zero-order chi connectivity index (χ0) is 15.7. The predicted molar refractivity (Wildman–Crippen MR) is 84.4 cm³/mol. The lowest BCUT2D eigenvalue weighted by Crippen LogP contribution is -2.45. The monoisotopic (exact) mass is 342 g/mol. The third-order valence-corrected chi connectivity index (χ3v) is 5.76. The molecule has 6 nitrogen and oxygen atoms in total. The maximum Gasteiger partial charge on any atom is 0.288 e. The van der Waals surface area contributed by atoms with Gasteiger partial charge in [0.05, 0.1) is 11.5 Å². The molecular formula is C14H15ClN2O4S. The van der Waals surface area contributed by atoms with Crippen LogP contribution < -0.4 is 0 Å². The first kappa shape index (κ1) is 15.6. The van der Waals surface area contributed by atoms with Gasteiger partial charge in [0.15, 0.2) is 0 Å². The van der Waals surface area contributed by atoms with Crippen LogP contribution in [-0.2, 0) is 4.74 Å². The summed E-state index contributed by atoms with van der Waals surface area (Å²) in [4.78, 5) is 24.4. The van der Waals surface area contributed by atoms with Crippen LogP contribution in [0.3, 0.4) is 0 Å². The smallest absolute Gasteiger partial charge is 0.288 e. The standard InChI is InChI=1S/C14H15ClN2O4S/c15-11-2-1-10(9-12(11)17(19)20)13(18)16-5-3-14(4-6-16)21-7-8-22-14/h1-2,9H,3-8H2. The van der Waals surface area contributed by atoms with E-state index in [2.05, 4.69) is 0 Å². The van der Waals surface area contributed by atoms with E-state index in [0.717, 1.165) is 25.2 Å². The van der Waals surface area contributed by atoms with E-state index in [1.165, 1.54) is 18.2 Å². The summed E-state index contributed by atoms with van der Waals surface area (Å²) in [7, 11) is 0. The van der Waals surface area contributed by atoms with Gasteiger partial charge in [0.25, 0.3) is 11.6 Å². The molecule has 0 aromatic heterocycles. The highest BCUT2D eigenvalue weighted by molar-refractivity contribution is 8.00. The number of benzene rings is 1. The number of hydrogen-bond donors (Lipinski definition) is 0. The van der Waals surface area contributed by atoms with Crippen LogP contribution in [0.5, 0.6) is 0 Å².